The number of esters is 1. The number of phenolic OH excluding ortho intramolecular Hbond substituents is 4. The number of hydrogen-bond acceptors (Lipinski definition) is 11. The molecule has 3 atom stereocenters. The molecule has 0 aliphatic rings. The zero-order valence-electron chi connectivity index (χ0n) is 15.7. The van der Waals surface area contributed by atoms with Crippen LogP contribution in [0, 0.1) is 0 Å². The van der Waals surface area contributed by atoms with Crippen molar-refractivity contribution in [2.45, 2.75) is 31.7 Å². The first kappa shape index (κ1) is 23.0. The van der Waals surface area contributed by atoms with E-state index in [2.05, 4.69) is 0 Å². The van der Waals surface area contributed by atoms with E-state index in [1.54, 1.807) is 0 Å². The van der Waals surface area contributed by atoms with Gasteiger partial charge in [0.1, 0.15) is 24.2 Å². The summed E-state index contributed by atoms with van der Waals surface area (Å²) in [5.74, 6) is -3.21. The third kappa shape index (κ3) is 6.12. The lowest BCUT2D eigenvalue weighted by Crippen LogP contribution is -2.43. The molecule has 0 aliphatic heterocycles. The highest BCUT2D eigenvalue weighted by molar-refractivity contribution is 5.91. The van der Waals surface area contributed by atoms with E-state index in [1.807, 2.05) is 0 Å². The molecule has 11 nitrogen and oxygen atoms in total. The van der Waals surface area contributed by atoms with Crippen LogP contribution in [-0.4, -0.2) is 73.1 Å². The van der Waals surface area contributed by atoms with Crippen molar-refractivity contribution >= 4 is 5.97 Å². The molecule has 0 saturated heterocycles. The summed E-state index contributed by atoms with van der Waals surface area (Å²) >= 11 is 0. The quantitative estimate of drug-likeness (QED) is 0.164. The second-order valence-electron chi connectivity index (χ2n) is 6.27. The van der Waals surface area contributed by atoms with Crippen molar-refractivity contribution in [2.24, 2.45) is 0 Å². The van der Waals surface area contributed by atoms with Gasteiger partial charge in [-0.25, -0.2) is 4.79 Å². The Morgan fingerprint density at radius 3 is 2.03 bits per heavy atom. The van der Waals surface area contributed by atoms with Crippen LogP contribution in [0.4, 0.5) is 0 Å². The average Bonchev–Trinajstić information content (AvgIpc) is 2.68. The topological polar surface area (TPSA) is 186 Å². The first-order valence-electron chi connectivity index (χ1n) is 8.66. The van der Waals surface area contributed by atoms with E-state index in [0.717, 1.165) is 12.1 Å². The molecule has 11 heteroatoms. The van der Waals surface area contributed by atoms with Gasteiger partial charge < -0.3 is 50.0 Å². The minimum absolute atomic E-state index is 0.0376. The molecule has 2 aromatic carbocycles. The van der Waals surface area contributed by atoms with Gasteiger partial charge in [0.15, 0.2) is 17.2 Å². The van der Waals surface area contributed by atoms with E-state index in [9.17, 15) is 40.5 Å². The van der Waals surface area contributed by atoms with Crippen LogP contribution in [0.25, 0.3) is 0 Å². The molecule has 30 heavy (non-hydrogen) atoms. The van der Waals surface area contributed by atoms with Gasteiger partial charge in [-0.15, -0.1) is 0 Å². The van der Waals surface area contributed by atoms with Gasteiger partial charge in [-0.05, 0) is 43.3 Å². The highest BCUT2D eigenvalue weighted by Gasteiger charge is 2.28. The summed E-state index contributed by atoms with van der Waals surface area (Å²) in [6.07, 6.45) is -6.28. The molecule has 0 spiro atoms. The Hall–Kier alpha value is -3.25. The predicted octanol–water partition coefficient (Wildman–Crippen LogP) is 0.148. The maximum atomic E-state index is 12.1. The van der Waals surface area contributed by atoms with Gasteiger partial charge in [0.25, 0.3) is 6.29 Å². The minimum Gasteiger partial charge on any atom is -0.508 e. The van der Waals surface area contributed by atoms with Crippen molar-refractivity contribution in [3.05, 3.63) is 42.0 Å². The zero-order chi connectivity index (χ0) is 22.4. The molecule has 0 aromatic heterocycles. The van der Waals surface area contributed by atoms with E-state index in [4.69, 9.17) is 14.2 Å². The fraction of sp³-hybridized carbons (Fsp3) is 0.316. The number of phenols is 4. The fourth-order valence-corrected chi connectivity index (χ4v) is 2.25. The Morgan fingerprint density at radius 1 is 0.967 bits per heavy atom. The molecule has 164 valence electrons. The highest BCUT2D eigenvalue weighted by atomic mass is 16.7. The lowest BCUT2D eigenvalue weighted by atomic mass is 10.2. The molecule has 7 N–H and O–H groups in total. The fourth-order valence-electron chi connectivity index (χ4n) is 2.25. The van der Waals surface area contributed by atoms with Crippen molar-refractivity contribution in [1.29, 1.82) is 0 Å². The number of carbonyl (C=O) groups excluding carboxylic acids is 1. The summed E-state index contributed by atoms with van der Waals surface area (Å²) < 4.78 is 15.5. The van der Waals surface area contributed by atoms with Gasteiger partial charge >= 0.3 is 5.97 Å². The number of rotatable bonds is 9. The van der Waals surface area contributed by atoms with Gasteiger partial charge in [-0.2, -0.15) is 0 Å². The van der Waals surface area contributed by atoms with Crippen LogP contribution in [0.5, 0.6) is 28.7 Å². The number of aliphatic hydroxyl groups excluding tert-OH is 2. The molecule has 0 aliphatic carbocycles. The van der Waals surface area contributed by atoms with Crippen molar-refractivity contribution < 1.29 is 54.8 Å². The monoisotopic (exact) mass is 426 g/mol. The van der Waals surface area contributed by atoms with Crippen LogP contribution >= 0.6 is 0 Å². The second-order valence-corrected chi connectivity index (χ2v) is 6.27. The third-order valence-corrected chi connectivity index (χ3v) is 3.86. The number of hydrogen-bond donors (Lipinski definition) is 7. The smallest absolute Gasteiger partial charge is 0.338 e. The maximum absolute atomic E-state index is 12.1. The Bertz CT molecular complexity index is 825. The van der Waals surface area contributed by atoms with Gasteiger partial charge in [-0.1, -0.05) is 0 Å². The predicted molar refractivity (Wildman–Crippen MR) is 99.0 cm³/mol. The second kappa shape index (κ2) is 9.98. The maximum Gasteiger partial charge on any atom is 0.338 e. The normalized spacial score (nSPS) is 14.2. The zero-order valence-corrected chi connectivity index (χ0v) is 15.7. The number of benzene rings is 2. The number of carbonyl (C=O) groups is 1. The van der Waals surface area contributed by atoms with Crippen molar-refractivity contribution in [3.8, 4) is 28.7 Å². The number of aliphatic hydroxyl groups is 3. The van der Waals surface area contributed by atoms with Gasteiger partial charge in [-0.3, -0.25) is 0 Å². The van der Waals surface area contributed by atoms with Gasteiger partial charge in [0, 0.05) is 0 Å². The summed E-state index contributed by atoms with van der Waals surface area (Å²) in [6, 6.07) is 7.01. The first-order chi connectivity index (χ1) is 14.1. The Labute approximate surface area is 170 Å². The standard InChI is InChI=1S/C19H22O11/c1-9(20)15(8-28-18(27)10-6-13(22)16(24)14(23)7-10)30-19(17(25)26)29-12-4-2-11(21)3-5-12/h2-7,9,15,17,19-26H,8H2,1H3. The molecule has 0 heterocycles. The van der Waals surface area contributed by atoms with Crippen molar-refractivity contribution in [3.63, 3.8) is 0 Å². The van der Waals surface area contributed by atoms with E-state index >= 15 is 0 Å². The summed E-state index contributed by atoms with van der Waals surface area (Å²) in [5.41, 5.74) is -0.286. The van der Waals surface area contributed by atoms with Crippen LogP contribution in [0.1, 0.15) is 17.3 Å². The molecule has 0 radical (unpaired) electrons. The van der Waals surface area contributed by atoms with Gasteiger partial charge in [0.2, 0.25) is 6.29 Å². The van der Waals surface area contributed by atoms with Crippen LogP contribution in [0.2, 0.25) is 0 Å². The Kier molecular flexibility index (Phi) is 7.66. The number of aromatic hydroxyl groups is 4. The molecule has 2 rings (SSSR count). The van der Waals surface area contributed by atoms with Gasteiger partial charge in [0.05, 0.1) is 11.7 Å². The van der Waals surface area contributed by atoms with Crippen LogP contribution in [-0.2, 0) is 9.47 Å². The van der Waals surface area contributed by atoms with E-state index < -0.39 is 54.6 Å². The summed E-state index contributed by atoms with van der Waals surface area (Å²) in [6.45, 7) is 0.749. The average molecular weight is 426 g/mol. The van der Waals surface area contributed by atoms with E-state index in [1.165, 1.54) is 31.2 Å². The molecule has 0 bridgehead atoms. The van der Waals surface area contributed by atoms with Crippen LogP contribution in [0.3, 0.4) is 0 Å². The molecular formula is C19H22O11. The van der Waals surface area contributed by atoms with Crippen molar-refractivity contribution in [2.75, 3.05) is 6.61 Å². The minimum atomic E-state index is -2.12. The molecule has 0 saturated carbocycles. The molecular weight excluding hydrogens is 404 g/mol. The molecule has 0 amide bonds. The SMILES string of the molecule is CC(O)C(COC(=O)c1cc(O)c(O)c(O)c1)OC(Oc1ccc(O)cc1)C(O)O. The lowest BCUT2D eigenvalue weighted by molar-refractivity contribution is -0.250. The summed E-state index contributed by atoms with van der Waals surface area (Å²) in [4.78, 5) is 12.1. The summed E-state index contributed by atoms with van der Waals surface area (Å²) in [5, 5.41) is 66.4. The molecule has 0 fully saturated rings. The highest BCUT2D eigenvalue weighted by Crippen LogP contribution is 2.35. The third-order valence-electron chi connectivity index (χ3n) is 3.86. The van der Waals surface area contributed by atoms with Crippen LogP contribution < -0.4 is 4.74 Å². The van der Waals surface area contributed by atoms with E-state index in [-0.39, 0.29) is 17.1 Å². The largest absolute Gasteiger partial charge is 0.508 e. The Morgan fingerprint density at radius 2 is 1.53 bits per heavy atom. The van der Waals surface area contributed by atoms with E-state index in [0.29, 0.717) is 0 Å². The van der Waals surface area contributed by atoms with Crippen LogP contribution in [0.15, 0.2) is 36.4 Å². The lowest BCUT2D eigenvalue weighted by Gasteiger charge is -2.27. The summed E-state index contributed by atoms with van der Waals surface area (Å²) in [7, 11) is 0. The molecule has 3 unspecified atom stereocenters. The Balaban J connectivity index is 2.05. The molecule has 2 aromatic rings. The van der Waals surface area contributed by atoms with Crippen molar-refractivity contribution in [1.82, 2.24) is 0 Å². The number of ether oxygens (including phenoxy) is 3. The first-order valence-corrected chi connectivity index (χ1v) is 8.66.